The minimum Gasteiger partial charge on any atom is -0.462 e. The molecule has 2 aliphatic rings. The van der Waals surface area contributed by atoms with E-state index in [9.17, 15) is 45.3 Å². The zero-order valence-electron chi connectivity index (χ0n) is 42.2. The molecular weight excluding hydrogens is 901 g/mol. The van der Waals surface area contributed by atoms with E-state index >= 15 is 0 Å². The predicted octanol–water partition coefficient (Wildman–Crippen LogP) is 7.60. The molecule has 0 aromatic rings. The maximum atomic E-state index is 13.0. The van der Waals surface area contributed by atoms with E-state index in [1.807, 2.05) is 18.2 Å². The van der Waals surface area contributed by atoms with Crippen molar-refractivity contribution in [1.82, 2.24) is 0 Å². The molecular formula is C55H90O15. The van der Waals surface area contributed by atoms with Crippen molar-refractivity contribution in [3.63, 3.8) is 0 Å². The molecule has 15 nitrogen and oxygen atoms in total. The molecule has 2 rings (SSSR count). The third-order valence-corrected chi connectivity index (χ3v) is 11.9. The van der Waals surface area contributed by atoms with Crippen molar-refractivity contribution in [1.29, 1.82) is 0 Å². The lowest BCUT2D eigenvalue weighted by atomic mass is 9.98. The molecule has 15 heteroatoms. The Hall–Kier alpha value is -3.32. The molecule has 2 saturated heterocycles. The van der Waals surface area contributed by atoms with Crippen molar-refractivity contribution in [2.24, 2.45) is 0 Å². The fourth-order valence-electron chi connectivity index (χ4n) is 7.59. The molecule has 0 spiro atoms. The Morgan fingerprint density at radius 1 is 0.471 bits per heavy atom. The Kier molecular flexibility index (Phi) is 36.9. The molecule has 2 heterocycles. The van der Waals surface area contributed by atoms with Crippen molar-refractivity contribution in [2.75, 3.05) is 26.4 Å². The molecule has 70 heavy (non-hydrogen) atoms. The number of carbonyl (C=O) groups is 2. The summed E-state index contributed by atoms with van der Waals surface area (Å²) < 4.78 is 33.5. The highest BCUT2D eigenvalue weighted by Crippen LogP contribution is 2.26. The van der Waals surface area contributed by atoms with Gasteiger partial charge in [-0.2, -0.15) is 0 Å². The quantitative estimate of drug-likeness (QED) is 0.0179. The highest BCUT2D eigenvalue weighted by atomic mass is 16.7. The van der Waals surface area contributed by atoms with E-state index in [4.69, 9.17) is 28.4 Å². The van der Waals surface area contributed by atoms with Gasteiger partial charge in [0.2, 0.25) is 0 Å². The Bertz CT molecular complexity index is 1540. The maximum absolute atomic E-state index is 13.0. The Balaban J connectivity index is 1.85. The second-order valence-electron chi connectivity index (χ2n) is 18.0. The largest absolute Gasteiger partial charge is 0.462 e. The summed E-state index contributed by atoms with van der Waals surface area (Å²) >= 11 is 0. The van der Waals surface area contributed by atoms with E-state index in [0.717, 1.165) is 51.4 Å². The minimum atomic E-state index is -1.79. The third-order valence-electron chi connectivity index (χ3n) is 11.9. The van der Waals surface area contributed by atoms with Crippen LogP contribution in [-0.2, 0) is 38.0 Å². The van der Waals surface area contributed by atoms with Gasteiger partial charge < -0.3 is 64.2 Å². The zero-order valence-corrected chi connectivity index (χ0v) is 42.2. The van der Waals surface area contributed by atoms with E-state index in [2.05, 4.69) is 80.7 Å². The van der Waals surface area contributed by atoms with E-state index < -0.39 is 99.3 Å². The lowest BCUT2D eigenvalue weighted by molar-refractivity contribution is -0.332. The highest BCUT2D eigenvalue weighted by Gasteiger charge is 2.47. The van der Waals surface area contributed by atoms with Gasteiger partial charge in [0.05, 0.1) is 19.8 Å². The standard InChI is InChI=1S/C55H90O15/c1-3-5-7-9-11-13-15-17-19-20-21-22-24-26-28-30-32-34-36-38-47(58)68-43(40-65-46(57)37-35-33-31-29-27-25-23-18-16-14-12-10-8-6-4-2)41-66-54-53(64)51(62)49(60)45(70-54)42-67-55-52(63)50(61)48(59)44(39-56)69-55/h5,7,11,13,17,19,21-22,26-29,32,34,43-45,48-56,59-64H,3-4,6,8-10,12,14-16,18,20,23-25,30-31,33,35-42H2,1-2H3/b7-5+,13-11+,19-17+,22-21+,28-26+,29-27+,34-32+/t43-,44+,45+,48-,49-,50?,51?,52?,53?,54+,55+/m1/s1. The van der Waals surface area contributed by atoms with Crippen LogP contribution in [0.1, 0.15) is 155 Å². The van der Waals surface area contributed by atoms with Crippen molar-refractivity contribution < 1.29 is 73.8 Å². The van der Waals surface area contributed by atoms with E-state index in [-0.39, 0.29) is 19.4 Å². The van der Waals surface area contributed by atoms with Gasteiger partial charge >= 0.3 is 11.9 Å². The molecule has 2 fully saturated rings. The van der Waals surface area contributed by atoms with Gasteiger partial charge in [0.15, 0.2) is 18.7 Å². The molecule has 400 valence electrons. The molecule has 7 N–H and O–H groups in total. The van der Waals surface area contributed by atoms with Crippen LogP contribution in [0.25, 0.3) is 0 Å². The SMILES string of the molecule is CC/C=C/C/C=C/C/C=C/C/C=C/C/C=C/C/C=C/CCC(=O)O[C@H](COC(=O)CCCC/C=C/CCCCCCCCCCC)CO[C@H]1O[C@@H](CO[C@H]2O[C@@H](CO)[C@@H](O)C(O)C2O)[C@@H](O)C(O)C1O. The summed E-state index contributed by atoms with van der Waals surface area (Å²) in [4.78, 5) is 25.7. The minimum absolute atomic E-state index is 0.0318. The normalized spacial score (nSPS) is 26.1. The molecule has 2 aliphatic heterocycles. The number of rotatable bonds is 39. The van der Waals surface area contributed by atoms with Crippen LogP contribution in [0.3, 0.4) is 0 Å². The van der Waals surface area contributed by atoms with Gasteiger partial charge in [0, 0.05) is 12.8 Å². The first kappa shape index (κ1) is 62.8. The van der Waals surface area contributed by atoms with Crippen LogP contribution in [0.2, 0.25) is 0 Å². The Labute approximate surface area is 418 Å². The lowest BCUT2D eigenvalue weighted by Gasteiger charge is -2.42. The summed E-state index contributed by atoms with van der Waals surface area (Å²) in [6.45, 7) is 2.36. The van der Waals surface area contributed by atoms with Crippen LogP contribution in [0.5, 0.6) is 0 Å². The lowest BCUT2D eigenvalue weighted by Crippen LogP contribution is -2.61. The molecule has 0 radical (unpaired) electrons. The van der Waals surface area contributed by atoms with Crippen molar-refractivity contribution in [3.05, 3.63) is 85.1 Å². The van der Waals surface area contributed by atoms with Crippen molar-refractivity contribution in [2.45, 2.75) is 223 Å². The molecule has 0 amide bonds. The number of esters is 2. The molecule has 0 saturated carbocycles. The van der Waals surface area contributed by atoms with Crippen LogP contribution in [-0.4, -0.2) is 142 Å². The smallest absolute Gasteiger partial charge is 0.306 e. The van der Waals surface area contributed by atoms with Crippen molar-refractivity contribution in [3.8, 4) is 0 Å². The summed E-state index contributed by atoms with van der Waals surface area (Å²) in [5.41, 5.74) is 0. The third kappa shape index (κ3) is 28.7. The first-order chi connectivity index (χ1) is 34.0. The fourth-order valence-corrected chi connectivity index (χ4v) is 7.59. The van der Waals surface area contributed by atoms with E-state index in [0.29, 0.717) is 19.3 Å². The number of aliphatic hydroxyl groups is 7. The summed E-state index contributed by atoms with van der Waals surface area (Å²) in [6, 6.07) is 0. The van der Waals surface area contributed by atoms with Crippen LogP contribution < -0.4 is 0 Å². The first-order valence-electron chi connectivity index (χ1n) is 26.2. The second kappa shape index (κ2) is 41.2. The van der Waals surface area contributed by atoms with E-state index in [1.165, 1.54) is 57.8 Å². The summed E-state index contributed by atoms with van der Waals surface area (Å²) in [5, 5.41) is 72.1. The van der Waals surface area contributed by atoms with E-state index in [1.54, 1.807) is 0 Å². The number of hydrogen-bond acceptors (Lipinski definition) is 15. The topological polar surface area (TPSA) is 231 Å². The van der Waals surface area contributed by atoms with Gasteiger partial charge in [0.25, 0.3) is 0 Å². The molecule has 4 unspecified atom stereocenters. The van der Waals surface area contributed by atoms with Gasteiger partial charge in [-0.15, -0.1) is 0 Å². The molecule has 11 atom stereocenters. The monoisotopic (exact) mass is 991 g/mol. The van der Waals surface area contributed by atoms with Crippen LogP contribution >= 0.6 is 0 Å². The Morgan fingerprint density at radius 2 is 0.929 bits per heavy atom. The van der Waals surface area contributed by atoms with Gasteiger partial charge in [-0.25, -0.2) is 0 Å². The van der Waals surface area contributed by atoms with Crippen LogP contribution in [0.4, 0.5) is 0 Å². The van der Waals surface area contributed by atoms with Gasteiger partial charge in [-0.3, -0.25) is 9.59 Å². The highest BCUT2D eigenvalue weighted by molar-refractivity contribution is 5.70. The number of hydrogen-bond donors (Lipinski definition) is 7. The number of carbonyl (C=O) groups excluding carboxylic acids is 2. The average molecular weight is 991 g/mol. The summed E-state index contributed by atoms with van der Waals surface area (Å²) in [6.07, 6.45) is 33.4. The summed E-state index contributed by atoms with van der Waals surface area (Å²) in [7, 11) is 0. The van der Waals surface area contributed by atoms with Crippen molar-refractivity contribution >= 4 is 11.9 Å². The number of allylic oxidation sites excluding steroid dienone is 14. The second-order valence-corrected chi connectivity index (χ2v) is 18.0. The average Bonchev–Trinajstić information content (AvgIpc) is 3.35. The molecule has 0 aromatic carbocycles. The van der Waals surface area contributed by atoms with Crippen LogP contribution in [0, 0.1) is 0 Å². The van der Waals surface area contributed by atoms with Gasteiger partial charge in [-0.05, 0) is 77.0 Å². The number of ether oxygens (including phenoxy) is 6. The van der Waals surface area contributed by atoms with Crippen LogP contribution in [0.15, 0.2) is 85.1 Å². The first-order valence-corrected chi connectivity index (χ1v) is 26.2. The number of aliphatic hydroxyl groups excluding tert-OH is 7. The molecule has 0 aliphatic carbocycles. The number of unbranched alkanes of at least 4 members (excludes halogenated alkanes) is 11. The maximum Gasteiger partial charge on any atom is 0.306 e. The predicted molar refractivity (Wildman–Crippen MR) is 270 cm³/mol. The van der Waals surface area contributed by atoms with Gasteiger partial charge in [-0.1, -0.05) is 150 Å². The zero-order chi connectivity index (χ0) is 51.0. The fraction of sp³-hybridized carbons (Fsp3) is 0.709. The molecule has 0 bridgehead atoms. The summed E-state index contributed by atoms with van der Waals surface area (Å²) in [5.74, 6) is -1.06. The van der Waals surface area contributed by atoms with Gasteiger partial charge in [0.1, 0.15) is 55.4 Å². The Morgan fingerprint density at radius 3 is 1.47 bits per heavy atom. The molecule has 0 aromatic heterocycles.